The van der Waals surface area contributed by atoms with Gasteiger partial charge in [0.15, 0.2) is 0 Å². The topological polar surface area (TPSA) is 78.4 Å². The van der Waals surface area contributed by atoms with Crippen LogP contribution in [0, 0.1) is 5.92 Å². The molecule has 0 aliphatic heterocycles. The summed E-state index contributed by atoms with van der Waals surface area (Å²) in [5.41, 5.74) is 0.597. The molecule has 3 N–H and O–H groups in total. The Morgan fingerprint density at radius 1 is 1.42 bits per heavy atom. The number of anilines is 1. The Morgan fingerprint density at radius 2 is 2.11 bits per heavy atom. The molecule has 0 aliphatic carbocycles. The molecule has 0 heterocycles. The van der Waals surface area contributed by atoms with Crippen molar-refractivity contribution in [3.05, 3.63) is 28.7 Å². The summed E-state index contributed by atoms with van der Waals surface area (Å²) in [7, 11) is 0. The lowest BCUT2D eigenvalue weighted by Gasteiger charge is -2.20. The Bertz CT molecular complexity index is 465. The highest BCUT2D eigenvalue weighted by Gasteiger charge is 2.25. The van der Waals surface area contributed by atoms with Crippen LogP contribution in [-0.2, 0) is 4.79 Å². The van der Waals surface area contributed by atoms with Gasteiger partial charge in [0.2, 0.25) is 0 Å². The van der Waals surface area contributed by atoms with Gasteiger partial charge in [0, 0.05) is 10.2 Å². The largest absolute Gasteiger partial charge is 0.480 e. The molecule has 104 valence electrons. The van der Waals surface area contributed by atoms with Crippen LogP contribution in [0.25, 0.3) is 0 Å². The van der Waals surface area contributed by atoms with Crippen molar-refractivity contribution in [1.29, 1.82) is 0 Å². The van der Waals surface area contributed by atoms with Crippen molar-refractivity contribution in [2.75, 3.05) is 5.32 Å². The second-order valence-corrected chi connectivity index (χ2v) is 5.23. The van der Waals surface area contributed by atoms with Crippen LogP contribution in [0.5, 0.6) is 0 Å². The van der Waals surface area contributed by atoms with Crippen LogP contribution < -0.4 is 10.6 Å². The first kappa shape index (κ1) is 15.5. The van der Waals surface area contributed by atoms with E-state index in [0.717, 1.165) is 4.47 Å². The molecule has 2 unspecified atom stereocenters. The lowest BCUT2D eigenvalue weighted by molar-refractivity contribution is -0.140. The van der Waals surface area contributed by atoms with Gasteiger partial charge < -0.3 is 15.7 Å². The molecule has 0 aromatic heterocycles. The fraction of sp³-hybridized carbons (Fsp3) is 0.385. The highest BCUT2D eigenvalue weighted by atomic mass is 79.9. The Hall–Kier alpha value is -1.56. The van der Waals surface area contributed by atoms with Crippen molar-refractivity contribution in [3.8, 4) is 0 Å². The monoisotopic (exact) mass is 328 g/mol. The van der Waals surface area contributed by atoms with Crippen molar-refractivity contribution in [2.24, 2.45) is 5.92 Å². The minimum atomic E-state index is -1.03. The third kappa shape index (κ3) is 4.90. The van der Waals surface area contributed by atoms with Gasteiger partial charge in [-0.2, -0.15) is 0 Å². The molecule has 0 radical (unpaired) electrons. The van der Waals surface area contributed by atoms with E-state index in [1.807, 2.05) is 13.0 Å². The van der Waals surface area contributed by atoms with Crippen LogP contribution in [0.2, 0.25) is 0 Å². The second kappa shape index (κ2) is 7.13. The number of hydrogen-bond donors (Lipinski definition) is 3. The molecule has 0 aliphatic rings. The van der Waals surface area contributed by atoms with Crippen molar-refractivity contribution in [1.82, 2.24) is 5.32 Å². The molecule has 6 heteroatoms. The summed E-state index contributed by atoms with van der Waals surface area (Å²) in [5, 5.41) is 14.2. The number of rotatable bonds is 5. The molecule has 1 aromatic rings. The first-order valence-corrected chi connectivity index (χ1v) is 6.79. The molecule has 0 spiro atoms. The Balaban J connectivity index is 2.65. The number of carboxylic acids is 1. The van der Waals surface area contributed by atoms with Crippen molar-refractivity contribution in [2.45, 2.75) is 26.3 Å². The van der Waals surface area contributed by atoms with Gasteiger partial charge in [-0.05, 0) is 24.1 Å². The Morgan fingerprint density at radius 3 is 2.63 bits per heavy atom. The van der Waals surface area contributed by atoms with Crippen molar-refractivity contribution < 1.29 is 14.7 Å². The van der Waals surface area contributed by atoms with Gasteiger partial charge in [0.25, 0.3) is 0 Å². The third-order valence-corrected chi connectivity index (χ3v) is 3.34. The SMILES string of the molecule is CCC(C)C(NC(=O)Nc1cccc(Br)c1)C(=O)O. The summed E-state index contributed by atoms with van der Waals surface area (Å²) < 4.78 is 0.835. The van der Waals surface area contributed by atoms with E-state index in [1.165, 1.54) is 0 Å². The molecule has 2 amide bonds. The van der Waals surface area contributed by atoms with Crippen LogP contribution in [0.3, 0.4) is 0 Å². The molecular weight excluding hydrogens is 312 g/mol. The van der Waals surface area contributed by atoms with Crippen LogP contribution in [0.15, 0.2) is 28.7 Å². The van der Waals surface area contributed by atoms with E-state index in [1.54, 1.807) is 25.1 Å². The summed E-state index contributed by atoms with van der Waals surface area (Å²) in [6.07, 6.45) is 0.675. The summed E-state index contributed by atoms with van der Waals surface area (Å²) in [4.78, 5) is 22.9. The van der Waals surface area contributed by atoms with Gasteiger partial charge in [-0.15, -0.1) is 0 Å². The van der Waals surface area contributed by atoms with E-state index in [4.69, 9.17) is 5.11 Å². The lowest BCUT2D eigenvalue weighted by Crippen LogP contribution is -2.46. The highest BCUT2D eigenvalue weighted by molar-refractivity contribution is 9.10. The average molecular weight is 329 g/mol. The van der Waals surface area contributed by atoms with Crippen molar-refractivity contribution >= 4 is 33.6 Å². The number of nitrogens with one attached hydrogen (secondary N) is 2. The minimum absolute atomic E-state index is 0.134. The molecule has 1 aromatic carbocycles. The van der Waals surface area contributed by atoms with E-state index in [9.17, 15) is 9.59 Å². The number of aliphatic carboxylic acids is 1. The van der Waals surface area contributed by atoms with Crippen LogP contribution in [0.1, 0.15) is 20.3 Å². The second-order valence-electron chi connectivity index (χ2n) is 4.31. The molecule has 0 saturated heterocycles. The number of carbonyl (C=O) groups is 2. The molecule has 19 heavy (non-hydrogen) atoms. The van der Waals surface area contributed by atoms with Crippen LogP contribution >= 0.6 is 15.9 Å². The van der Waals surface area contributed by atoms with Crippen molar-refractivity contribution in [3.63, 3.8) is 0 Å². The zero-order valence-corrected chi connectivity index (χ0v) is 12.4. The summed E-state index contributed by atoms with van der Waals surface area (Å²) in [6, 6.07) is 5.66. The maximum atomic E-state index is 11.8. The number of hydrogen-bond acceptors (Lipinski definition) is 2. The third-order valence-electron chi connectivity index (χ3n) is 2.85. The van der Waals surface area contributed by atoms with E-state index in [0.29, 0.717) is 12.1 Å². The number of urea groups is 1. The average Bonchev–Trinajstić information content (AvgIpc) is 2.34. The predicted octanol–water partition coefficient (Wildman–Crippen LogP) is 3.07. The summed E-state index contributed by atoms with van der Waals surface area (Å²) >= 11 is 3.29. The van der Waals surface area contributed by atoms with E-state index < -0.39 is 18.0 Å². The molecular formula is C13H17BrN2O3. The van der Waals surface area contributed by atoms with Gasteiger partial charge in [0.05, 0.1) is 0 Å². The number of benzene rings is 1. The predicted molar refractivity (Wildman–Crippen MR) is 77.2 cm³/mol. The maximum absolute atomic E-state index is 11.8. The first-order chi connectivity index (χ1) is 8.93. The van der Waals surface area contributed by atoms with Gasteiger partial charge in [0.1, 0.15) is 6.04 Å². The van der Waals surface area contributed by atoms with Crippen LogP contribution in [0.4, 0.5) is 10.5 Å². The Kier molecular flexibility index (Phi) is 5.82. The molecule has 0 bridgehead atoms. The smallest absolute Gasteiger partial charge is 0.326 e. The lowest BCUT2D eigenvalue weighted by atomic mass is 9.99. The normalized spacial score (nSPS) is 13.4. The number of halogens is 1. The van der Waals surface area contributed by atoms with E-state index in [-0.39, 0.29) is 5.92 Å². The van der Waals surface area contributed by atoms with Gasteiger partial charge >= 0.3 is 12.0 Å². The number of amides is 2. The molecule has 5 nitrogen and oxygen atoms in total. The standard InChI is InChI=1S/C13H17BrN2O3/c1-3-8(2)11(12(17)18)16-13(19)15-10-6-4-5-9(14)7-10/h4-8,11H,3H2,1-2H3,(H,17,18)(H2,15,16,19). The summed E-state index contributed by atoms with van der Waals surface area (Å²) in [6.45, 7) is 3.67. The van der Waals surface area contributed by atoms with Gasteiger partial charge in [-0.1, -0.05) is 42.3 Å². The fourth-order valence-electron chi connectivity index (χ4n) is 1.56. The zero-order chi connectivity index (χ0) is 14.4. The van der Waals surface area contributed by atoms with Gasteiger partial charge in [-0.25, -0.2) is 9.59 Å². The van der Waals surface area contributed by atoms with Crippen LogP contribution in [-0.4, -0.2) is 23.1 Å². The Labute approximate surface area is 120 Å². The highest BCUT2D eigenvalue weighted by Crippen LogP contribution is 2.15. The minimum Gasteiger partial charge on any atom is -0.480 e. The molecule has 1 rings (SSSR count). The first-order valence-electron chi connectivity index (χ1n) is 6.00. The molecule has 2 atom stereocenters. The maximum Gasteiger partial charge on any atom is 0.326 e. The zero-order valence-electron chi connectivity index (χ0n) is 10.8. The molecule has 0 saturated carbocycles. The molecule has 0 fully saturated rings. The quantitative estimate of drug-likeness (QED) is 0.777. The van der Waals surface area contributed by atoms with E-state index >= 15 is 0 Å². The summed E-state index contributed by atoms with van der Waals surface area (Å²) in [5.74, 6) is -1.16. The van der Waals surface area contributed by atoms with Gasteiger partial charge in [-0.3, -0.25) is 0 Å². The number of carboxylic acid groups (broad SMARTS) is 1. The fourth-order valence-corrected chi connectivity index (χ4v) is 1.96. The number of carbonyl (C=O) groups excluding carboxylic acids is 1. The van der Waals surface area contributed by atoms with E-state index in [2.05, 4.69) is 26.6 Å².